The van der Waals surface area contributed by atoms with E-state index in [0.29, 0.717) is 30.0 Å². The number of carbonyl (C=O) groups excluding carboxylic acids is 4. The molecular formula is C28H26N2O5. The first-order valence-electron chi connectivity index (χ1n) is 11.4. The Bertz CT molecular complexity index is 1250. The molecule has 7 nitrogen and oxygen atoms in total. The lowest BCUT2D eigenvalue weighted by molar-refractivity contribution is -0.132. The summed E-state index contributed by atoms with van der Waals surface area (Å²) in [6.45, 7) is 3.43. The molecule has 1 atom stereocenters. The summed E-state index contributed by atoms with van der Waals surface area (Å²) in [6.07, 6.45) is 0.449. The third-order valence-electron chi connectivity index (χ3n) is 5.98. The van der Waals surface area contributed by atoms with Crippen molar-refractivity contribution in [1.82, 2.24) is 4.90 Å². The second-order valence-electron chi connectivity index (χ2n) is 8.42. The van der Waals surface area contributed by atoms with Gasteiger partial charge < -0.3 is 9.64 Å². The molecule has 3 aromatic rings. The van der Waals surface area contributed by atoms with Gasteiger partial charge in [0.25, 0.3) is 11.8 Å². The van der Waals surface area contributed by atoms with Crippen LogP contribution in [0.1, 0.15) is 34.8 Å². The van der Waals surface area contributed by atoms with Crippen molar-refractivity contribution in [2.75, 3.05) is 11.4 Å². The Morgan fingerprint density at radius 2 is 1.60 bits per heavy atom. The van der Waals surface area contributed by atoms with Crippen molar-refractivity contribution in [1.29, 1.82) is 0 Å². The molecule has 1 aliphatic rings. The molecule has 35 heavy (non-hydrogen) atoms. The minimum Gasteiger partial charge on any atom is -0.427 e. The van der Waals surface area contributed by atoms with E-state index in [9.17, 15) is 19.2 Å². The molecule has 4 rings (SSSR count). The Morgan fingerprint density at radius 1 is 0.943 bits per heavy atom. The second kappa shape index (κ2) is 10.3. The van der Waals surface area contributed by atoms with Gasteiger partial charge in [0.05, 0.1) is 12.1 Å². The predicted octanol–water partition coefficient (Wildman–Crippen LogP) is 3.94. The monoisotopic (exact) mass is 470 g/mol. The molecule has 0 aromatic heterocycles. The predicted molar refractivity (Wildman–Crippen MR) is 131 cm³/mol. The number of amides is 3. The maximum atomic E-state index is 13.6. The third kappa shape index (κ3) is 5.30. The van der Waals surface area contributed by atoms with Gasteiger partial charge in [0.1, 0.15) is 11.8 Å². The van der Waals surface area contributed by atoms with Crippen LogP contribution in [0.5, 0.6) is 5.75 Å². The Kier molecular flexibility index (Phi) is 7.06. The molecule has 0 radical (unpaired) electrons. The Hall–Kier alpha value is -4.26. The van der Waals surface area contributed by atoms with E-state index in [1.165, 1.54) is 24.0 Å². The van der Waals surface area contributed by atoms with E-state index >= 15 is 0 Å². The fraction of sp³-hybridized carbons (Fsp3) is 0.214. The molecule has 178 valence electrons. The normalized spacial score (nSPS) is 15.3. The van der Waals surface area contributed by atoms with E-state index in [1.807, 2.05) is 49.4 Å². The van der Waals surface area contributed by atoms with Crippen LogP contribution in [0.15, 0.2) is 78.9 Å². The summed E-state index contributed by atoms with van der Waals surface area (Å²) in [4.78, 5) is 53.8. The van der Waals surface area contributed by atoms with Crippen molar-refractivity contribution in [3.8, 4) is 5.75 Å². The number of benzene rings is 3. The van der Waals surface area contributed by atoms with Gasteiger partial charge >= 0.3 is 5.97 Å². The minimum atomic E-state index is -0.911. The average molecular weight is 471 g/mol. The van der Waals surface area contributed by atoms with Gasteiger partial charge in [0.2, 0.25) is 5.91 Å². The molecular weight excluding hydrogens is 444 g/mol. The number of hydrogen-bond donors (Lipinski definition) is 0. The summed E-state index contributed by atoms with van der Waals surface area (Å²) >= 11 is 0. The maximum Gasteiger partial charge on any atom is 0.308 e. The number of nitrogens with zero attached hydrogens (tertiary/aromatic N) is 2. The van der Waals surface area contributed by atoms with Crippen molar-refractivity contribution in [2.24, 2.45) is 0 Å². The maximum absolute atomic E-state index is 13.6. The summed E-state index contributed by atoms with van der Waals surface area (Å²) in [5, 5.41) is 0. The van der Waals surface area contributed by atoms with E-state index in [2.05, 4.69) is 0 Å². The largest absolute Gasteiger partial charge is 0.427 e. The van der Waals surface area contributed by atoms with E-state index in [0.717, 1.165) is 16.0 Å². The number of anilines is 1. The highest BCUT2D eigenvalue weighted by atomic mass is 16.5. The SMILES string of the molecule is CC(=O)Oc1ccc(N2C(=O)CC(N(CCc3ccccc3)C(=O)c3ccccc3C)C2=O)cc1. The molecule has 0 aliphatic carbocycles. The number of hydrogen-bond acceptors (Lipinski definition) is 5. The highest BCUT2D eigenvalue weighted by Crippen LogP contribution is 2.29. The lowest BCUT2D eigenvalue weighted by atomic mass is 10.0. The van der Waals surface area contributed by atoms with E-state index in [4.69, 9.17) is 4.74 Å². The zero-order valence-electron chi connectivity index (χ0n) is 19.6. The molecule has 0 N–H and O–H groups in total. The minimum absolute atomic E-state index is 0.100. The number of imide groups is 1. The molecule has 3 aromatic carbocycles. The number of esters is 1. The van der Waals surface area contributed by atoms with Gasteiger partial charge in [-0.15, -0.1) is 0 Å². The molecule has 1 saturated heterocycles. The molecule has 1 unspecified atom stereocenters. The zero-order valence-corrected chi connectivity index (χ0v) is 19.6. The molecule has 7 heteroatoms. The first-order valence-corrected chi connectivity index (χ1v) is 11.4. The van der Waals surface area contributed by atoms with Crippen LogP contribution in [0.4, 0.5) is 5.69 Å². The second-order valence-corrected chi connectivity index (χ2v) is 8.42. The smallest absolute Gasteiger partial charge is 0.308 e. The van der Waals surface area contributed by atoms with Gasteiger partial charge in [0, 0.05) is 19.0 Å². The molecule has 1 fully saturated rings. The quantitative estimate of drug-likeness (QED) is 0.297. The van der Waals surface area contributed by atoms with Crippen molar-refractivity contribution in [3.63, 3.8) is 0 Å². The van der Waals surface area contributed by atoms with Crippen LogP contribution >= 0.6 is 0 Å². The number of ether oxygens (including phenoxy) is 1. The standard InChI is InChI=1S/C28H26N2O5/c1-19-8-6-7-11-24(19)27(33)29(17-16-21-9-4-3-5-10-21)25-18-26(32)30(28(25)34)22-12-14-23(15-13-22)35-20(2)31/h3-15,25H,16-18H2,1-2H3. The van der Waals surface area contributed by atoms with Crippen LogP contribution in [0, 0.1) is 6.92 Å². The molecule has 1 heterocycles. The van der Waals surface area contributed by atoms with Crippen LogP contribution in [-0.2, 0) is 20.8 Å². The van der Waals surface area contributed by atoms with E-state index in [1.54, 1.807) is 24.3 Å². The molecule has 1 aliphatic heterocycles. The van der Waals surface area contributed by atoms with E-state index in [-0.39, 0.29) is 18.2 Å². The Labute approximate surface area is 203 Å². The van der Waals surface area contributed by atoms with Gasteiger partial charge in [-0.05, 0) is 54.8 Å². The van der Waals surface area contributed by atoms with Gasteiger partial charge in [0.15, 0.2) is 0 Å². The summed E-state index contributed by atoms with van der Waals surface area (Å²) in [7, 11) is 0. The molecule has 3 amide bonds. The fourth-order valence-electron chi connectivity index (χ4n) is 4.22. The number of carbonyl (C=O) groups is 4. The summed E-state index contributed by atoms with van der Waals surface area (Å²) in [5.74, 6) is -1.27. The fourth-order valence-corrected chi connectivity index (χ4v) is 4.22. The first kappa shape index (κ1) is 23.9. The first-order chi connectivity index (χ1) is 16.8. The van der Waals surface area contributed by atoms with Gasteiger partial charge in [-0.2, -0.15) is 0 Å². The summed E-state index contributed by atoms with van der Waals surface area (Å²) in [6, 6.07) is 22.2. The zero-order chi connectivity index (χ0) is 24.9. The van der Waals surface area contributed by atoms with Crippen LogP contribution in [-0.4, -0.2) is 41.2 Å². The van der Waals surface area contributed by atoms with E-state index < -0.39 is 17.9 Å². The van der Waals surface area contributed by atoms with Gasteiger partial charge in [-0.25, -0.2) is 4.90 Å². The topological polar surface area (TPSA) is 84.0 Å². The Balaban J connectivity index is 1.61. The molecule has 0 bridgehead atoms. The van der Waals surface area contributed by atoms with Crippen LogP contribution in [0.2, 0.25) is 0 Å². The van der Waals surface area contributed by atoms with Crippen molar-refractivity contribution >= 4 is 29.4 Å². The highest BCUT2D eigenvalue weighted by Gasteiger charge is 2.44. The lowest BCUT2D eigenvalue weighted by Crippen LogP contribution is -2.46. The number of aryl methyl sites for hydroxylation is 1. The van der Waals surface area contributed by atoms with Crippen LogP contribution in [0.3, 0.4) is 0 Å². The third-order valence-corrected chi connectivity index (χ3v) is 5.98. The average Bonchev–Trinajstić information content (AvgIpc) is 3.14. The Morgan fingerprint density at radius 3 is 2.26 bits per heavy atom. The lowest BCUT2D eigenvalue weighted by Gasteiger charge is -2.28. The van der Waals surface area contributed by atoms with Gasteiger partial charge in [-0.1, -0.05) is 48.5 Å². The van der Waals surface area contributed by atoms with Crippen LogP contribution in [0.25, 0.3) is 0 Å². The van der Waals surface area contributed by atoms with Crippen LogP contribution < -0.4 is 9.64 Å². The molecule has 0 spiro atoms. The van der Waals surface area contributed by atoms with Crippen molar-refractivity contribution in [3.05, 3.63) is 95.6 Å². The number of rotatable bonds is 7. The molecule has 0 saturated carbocycles. The summed E-state index contributed by atoms with van der Waals surface area (Å²) in [5.41, 5.74) is 2.71. The highest BCUT2D eigenvalue weighted by molar-refractivity contribution is 6.23. The van der Waals surface area contributed by atoms with Crippen molar-refractivity contribution in [2.45, 2.75) is 32.7 Å². The van der Waals surface area contributed by atoms with Crippen molar-refractivity contribution < 1.29 is 23.9 Å². The van der Waals surface area contributed by atoms with Gasteiger partial charge in [-0.3, -0.25) is 19.2 Å². The summed E-state index contributed by atoms with van der Waals surface area (Å²) < 4.78 is 5.03.